The minimum atomic E-state index is -0.679. The van der Waals surface area contributed by atoms with Gasteiger partial charge in [0.15, 0.2) is 6.10 Å². The molecule has 2 amide bonds. The lowest BCUT2D eigenvalue weighted by Gasteiger charge is -2.19. The first-order valence-electron chi connectivity index (χ1n) is 8.46. The topological polar surface area (TPSA) is 58.6 Å². The van der Waals surface area contributed by atoms with Gasteiger partial charge in [0.1, 0.15) is 5.75 Å². The first-order chi connectivity index (χ1) is 12.4. The van der Waals surface area contributed by atoms with Crippen LogP contribution in [0.1, 0.15) is 26.3 Å². The molecule has 138 valence electrons. The molecule has 1 atom stereocenters. The quantitative estimate of drug-likeness (QED) is 0.793. The number of rotatable bonds is 7. The molecule has 26 heavy (non-hydrogen) atoms. The van der Waals surface area contributed by atoms with Crippen LogP contribution in [-0.2, 0) is 16.1 Å². The fourth-order valence-corrected chi connectivity index (χ4v) is 2.64. The normalized spacial score (nSPS) is 11.5. The Bertz CT molecular complexity index is 779. The summed E-state index contributed by atoms with van der Waals surface area (Å²) in [5.74, 6) is 0.292. The van der Waals surface area contributed by atoms with Gasteiger partial charge in [0.2, 0.25) is 5.91 Å². The van der Waals surface area contributed by atoms with Crippen LogP contribution in [0, 0.1) is 0 Å². The van der Waals surface area contributed by atoms with Crippen LogP contribution < -0.4 is 10.1 Å². The van der Waals surface area contributed by atoms with E-state index in [4.69, 9.17) is 16.3 Å². The van der Waals surface area contributed by atoms with Crippen LogP contribution in [0.25, 0.3) is 0 Å². The lowest BCUT2D eigenvalue weighted by molar-refractivity contribution is -0.129. The fourth-order valence-electron chi connectivity index (χ4n) is 2.46. The zero-order valence-corrected chi connectivity index (χ0v) is 15.9. The van der Waals surface area contributed by atoms with Gasteiger partial charge in [0.25, 0.3) is 5.91 Å². The highest BCUT2D eigenvalue weighted by molar-refractivity contribution is 6.30. The predicted octanol–water partition coefficient (Wildman–Crippen LogP) is 4.11. The maximum atomic E-state index is 12.4. The SMILES string of the molecule is CCN(Cc1cccc(NC(=O)C(C)Oc2cccc(Cl)c2)c1)C(C)=O. The molecule has 0 aromatic heterocycles. The molecule has 0 radical (unpaired) electrons. The minimum Gasteiger partial charge on any atom is -0.481 e. The molecule has 0 bridgehead atoms. The van der Waals surface area contributed by atoms with E-state index >= 15 is 0 Å². The van der Waals surface area contributed by atoms with Crippen molar-refractivity contribution in [2.45, 2.75) is 33.4 Å². The van der Waals surface area contributed by atoms with E-state index in [1.54, 1.807) is 49.1 Å². The second-order valence-electron chi connectivity index (χ2n) is 5.94. The minimum absolute atomic E-state index is 0.0190. The average molecular weight is 375 g/mol. The highest BCUT2D eigenvalue weighted by Crippen LogP contribution is 2.19. The molecular formula is C20H23ClN2O3. The van der Waals surface area contributed by atoms with Gasteiger partial charge in [-0.05, 0) is 49.7 Å². The summed E-state index contributed by atoms with van der Waals surface area (Å²) >= 11 is 5.92. The van der Waals surface area contributed by atoms with Gasteiger partial charge in [-0.2, -0.15) is 0 Å². The molecular weight excluding hydrogens is 352 g/mol. The van der Waals surface area contributed by atoms with Crippen LogP contribution >= 0.6 is 11.6 Å². The summed E-state index contributed by atoms with van der Waals surface area (Å²) in [4.78, 5) is 25.7. The zero-order chi connectivity index (χ0) is 19.1. The van der Waals surface area contributed by atoms with Crippen molar-refractivity contribution < 1.29 is 14.3 Å². The summed E-state index contributed by atoms with van der Waals surface area (Å²) in [6.07, 6.45) is -0.679. The fraction of sp³-hybridized carbons (Fsp3) is 0.300. The first-order valence-corrected chi connectivity index (χ1v) is 8.84. The van der Waals surface area contributed by atoms with Crippen LogP contribution in [-0.4, -0.2) is 29.4 Å². The van der Waals surface area contributed by atoms with Gasteiger partial charge in [0.05, 0.1) is 0 Å². The molecule has 1 unspecified atom stereocenters. The third-order valence-electron chi connectivity index (χ3n) is 3.87. The molecule has 6 heteroatoms. The summed E-state index contributed by atoms with van der Waals surface area (Å²) in [7, 11) is 0. The summed E-state index contributed by atoms with van der Waals surface area (Å²) in [6, 6.07) is 14.3. The number of carbonyl (C=O) groups excluding carboxylic acids is 2. The number of ether oxygens (including phenoxy) is 1. The molecule has 2 rings (SSSR count). The zero-order valence-electron chi connectivity index (χ0n) is 15.2. The van der Waals surface area contributed by atoms with Gasteiger partial charge < -0.3 is 15.0 Å². The highest BCUT2D eigenvalue weighted by atomic mass is 35.5. The van der Waals surface area contributed by atoms with E-state index in [9.17, 15) is 9.59 Å². The average Bonchev–Trinajstić information content (AvgIpc) is 2.59. The first kappa shape index (κ1) is 19.8. The van der Waals surface area contributed by atoms with Crippen LogP contribution in [0.5, 0.6) is 5.75 Å². The third kappa shape index (κ3) is 5.77. The number of nitrogens with one attached hydrogen (secondary N) is 1. The second kappa shape index (κ2) is 9.25. The Hall–Kier alpha value is -2.53. The molecule has 0 aliphatic carbocycles. The molecule has 5 nitrogen and oxygen atoms in total. The maximum Gasteiger partial charge on any atom is 0.265 e. The van der Waals surface area contributed by atoms with Crippen LogP contribution in [0.2, 0.25) is 5.02 Å². The standard InChI is InChI=1S/C20H23ClN2O3/c1-4-23(15(3)24)13-16-7-5-9-18(11-16)22-20(25)14(2)26-19-10-6-8-17(21)12-19/h5-12,14H,4,13H2,1-3H3,(H,22,25). The molecule has 0 saturated carbocycles. The van der Waals surface area contributed by atoms with Crippen molar-refractivity contribution in [2.24, 2.45) is 0 Å². The molecule has 2 aromatic rings. The maximum absolute atomic E-state index is 12.4. The van der Waals surface area contributed by atoms with Gasteiger partial charge in [-0.1, -0.05) is 29.8 Å². The van der Waals surface area contributed by atoms with E-state index in [2.05, 4.69) is 5.32 Å². The summed E-state index contributed by atoms with van der Waals surface area (Å²) in [6.45, 7) is 6.29. The van der Waals surface area contributed by atoms with E-state index in [1.165, 1.54) is 0 Å². The molecule has 0 saturated heterocycles. The molecule has 0 aliphatic heterocycles. The Morgan fingerprint density at radius 1 is 1.19 bits per heavy atom. The van der Waals surface area contributed by atoms with Gasteiger partial charge in [-0.25, -0.2) is 0 Å². The largest absolute Gasteiger partial charge is 0.481 e. The Kier molecular flexibility index (Phi) is 7.04. The van der Waals surface area contributed by atoms with Crippen molar-refractivity contribution in [1.82, 2.24) is 4.90 Å². The lowest BCUT2D eigenvalue weighted by atomic mass is 10.2. The highest BCUT2D eigenvalue weighted by Gasteiger charge is 2.15. The predicted molar refractivity (Wildman–Crippen MR) is 103 cm³/mol. The molecule has 0 fully saturated rings. The number of hydrogen-bond donors (Lipinski definition) is 1. The molecule has 0 heterocycles. The number of halogens is 1. The van der Waals surface area contributed by atoms with Crippen molar-refractivity contribution in [3.63, 3.8) is 0 Å². The number of anilines is 1. The van der Waals surface area contributed by atoms with Crippen LogP contribution in [0.4, 0.5) is 5.69 Å². The van der Waals surface area contributed by atoms with E-state index < -0.39 is 6.10 Å². The van der Waals surface area contributed by atoms with Gasteiger partial charge in [-0.3, -0.25) is 9.59 Å². The molecule has 0 spiro atoms. The van der Waals surface area contributed by atoms with Gasteiger partial charge in [0, 0.05) is 30.7 Å². The van der Waals surface area contributed by atoms with E-state index in [0.717, 1.165) is 5.56 Å². The summed E-state index contributed by atoms with van der Waals surface area (Å²) in [5, 5.41) is 3.39. The van der Waals surface area contributed by atoms with E-state index in [1.807, 2.05) is 25.1 Å². The van der Waals surface area contributed by atoms with Crippen molar-refractivity contribution >= 4 is 29.1 Å². The Morgan fingerprint density at radius 2 is 1.92 bits per heavy atom. The molecule has 2 aromatic carbocycles. The Labute approximate surface area is 158 Å². The van der Waals surface area contributed by atoms with Crippen molar-refractivity contribution in [3.8, 4) is 5.75 Å². The molecule has 1 N–H and O–H groups in total. The number of carbonyl (C=O) groups is 2. The number of hydrogen-bond acceptors (Lipinski definition) is 3. The number of amides is 2. The third-order valence-corrected chi connectivity index (χ3v) is 4.11. The Balaban J connectivity index is 2.00. The molecule has 0 aliphatic rings. The van der Waals surface area contributed by atoms with Crippen molar-refractivity contribution in [2.75, 3.05) is 11.9 Å². The Morgan fingerprint density at radius 3 is 2.58 bits per heavy atom. The summed E-state index contributed by atoms with van der Waals surface area (Å²) < 4.78 is 5.62. The van der Waals surface area contributed by atoms with Gasteiger partial charge >= 0.3 is 0 Å². The van der Waals surface area contributed by atoms with E-state index in [-0.39, 0.29) is 11.8 Å². The second-order valence-corrected chi connectivity index (χ2v) is 6.38. The van der Waals surface area contributed by atoms with Gasteiger partial charge in [-0.15, -0.1) is 0 Å². The van der Waals surface area contributed by atoms with Crippen LogP contribution in [0.15, 0.2) is 48.5 Å². The van der Waals surface area contributed by atoms with E-state index in [0.29, 0.717) is 29.5 Å². The van der Waals surface area contributed by atoms with Crippen molar-refractivity contribution in [1.29, 1.82) is 0 Å². The van der Waals surface area contributed by atoms with Crippen molar-refractivity contribution in [3.05, 3.63) is 59.1 Å². The summed E-state index contributed by atoms with van der Waals surface area (Å²) in [5.41, 5.74) is 1.61. The smallest absolute Gasteiger partial charge is 0.265 e. The lowest BCUT2D eigenvalue weighted by Crippen LogP contribution is -2.30. The monoisotopic (exact) mass is 374 g/mol. The number of benzene rings is 2. The van der Waals surface area contributed by atoms with Crippen LogP contribution in [0.3, 0.4) is 0 Å². The number of nitrogens with zero attached hydrogens (tertiary/aromatic N) is 1.